The van der Waals surface area contributed by atoms with E-state index < -0.39 is 0 Å². The summed E-state index contributed by atoms with van der Waals surface area (Å²) in [5.74, 6) is 0.00749. The number of hydrogen-bond donors (Lipinski definition) is 0. The standard InChI is InChI=1S/C20H23N5O/c1-14-4-5-25-13-18(22-19(25)10-14)20(26)24-8-6-23(7-9-24)17-11-15(2)21-16(3)12-17/h4-5,10-13H,6-9H2,1-3H3. The van der Waals surface area contributed by atoms with Gasteiger partial charge in [-0.15, -0.1) is 0 Å². The Morgan fingerprint density at radius 1 is 0.962 bits per heavy atom. The number of nitrogens with zero attached hydrogens (tertiary/aromatic N) is 5. The number of aryl methyl sites for hydroxylation is 3. The molecular formula is C20H23N5O. The van der Waals surface area contributed by atoms with E-state index in [1.165, 1.54) is 5.69 Å². The van der Waals surface area contributed by atoms with Crippen LogP contribution < -0.4 is 4.90 Å². The maximum atomic E-state index is 12.8. The lowest BCUT2D eigenvalue weighted by Gasteiger charge is -2.36. The van der Waals surface area contributed by atoms with Gasteiger partial charge >= 0.3 is 0 Å². The molecule has 0 unspecified atom stereocenters. The van der Waals surface area contributed by atoms with Crippen LogP contribution in [0.1, 0.15) is 27.4 Å². The summed E-state index contributed by atoms with van der Waals surface area (Å²) in [7, 11) is 0. The van der Waals surface area contributed by atoms with Gasteiger partial charge in [0.05, 0.1) is 0 Å². The Morgan fingerprint density at radius 3 is 2.35 bits per heavy atom. The Bertz CT molecular complexity index is 949. The second kappa shape index (κ2) is 6.44. The van der Waals surface area contributed by atoms with Crippen LogP contribution in [0.25, 0.3) is 5.65 Å². The first-order chi connectivity index (χ1) is 12.5. The van der Waals surface area contributed by atoms with Crippen molar-refractivity contribution in [3.8, 4) is 0 Å². The highest BCUT2D eigenvalue weighted by Crippen LogP contribution is 2.19. The van der Waals surface area contributed by atoms with Gasteiger partial charge in [0, 0.05) is 55.6 Å². The van der Waals surface area contributed by atoms with Gasteiger partial charge < -0.3 is 14.2 Å². The fraction of sp³-hybridized carbons (Fsp3) is 0.350. The van der Waals surface area contributed by atoms with Crippen LogP contribution >= 0.6 is 0 Å². The largest absolute Gasteiger partial charge is 0.368 e. The van der Waals surface area contributed by atoms with Crippen molar-refractivity contribution in [2.45, 2.75) is 20.8 Å². The van der Waals surface area contributed by atoms with Crippen LogP contribution in [0.15, 0.2) is 36.7 Å². The third-order valence-corrected chi connectivity index (χ3v) is 4.83. The van der Waals surface area contributed by atoms with E-state index in [1.54, 1.807) is 0 Å². The molecule has 0 aromatic carbocycles. The molecule has 3 aromatic heterocycles. The van der Waals surface area contributed by atoms with Crippen LogP contribution in [0.2, 0.25) is 0 Å². The van der Waals surface area contributed by atoms with Gasteiger partial charge in [0.1, 0.15) is 11.3 Å². The Labute approximate surface area is 153 Å². The molecule has 1 saturated heterocycles. The first kappa shape index (κ1) is 16.6. The maximum Gasteiger partial charge on any atom is 0.274 e. The van der Waals surface area contributed by atoms with E-state index in [4.69, 9.17) is 0 Å². The molecule has 6 heteroatoms. The topological polar surface area (TPSA) is 53.7 Å². The minimum Gasteiger partial charge on any atom is -0.368 e. The van der Waals surface area contributed by atoms with Crippen molar-refractivity contribution in [3.05, 3.63) is 59.3 Å². The van der Waals surface area contributed by atoms with Gasteiger partial charge in [0.2, 0.25) is 0 Å². The lowest BCUT2D eigenvalue weighted by atomic mass is 10.2. The maximum absolute atomic E-state index is 12.8. The summed E-state index contributed by atoms with van der Waals surface area (Å²) in [6.07, 6.45) is 3.76. The molecule has 0 bridgehead atoms. The minimum absolute atomic E-state index is 0.00749. The Balaban J connectivity index is 1.47. The summed E-state index contributed by atoms with van der Waals surface area (Å²) in [5, 5.41) is 0. The first-order valence-electron chi connectivity index (χ1n) is 8.94. The number of pyridine rings is 2. The molecule has 4 rings (SSSR count). The highest BCUT2D eigenvalue weighted by molar-refractivity contribution is 5.93. The predicted molar refractivity (Wildman–Crippen MR) is 102 cm³/mol. The fourth-order valence-corrected chi connectivity index (χ4v) is 3.51. The second-order valence-corrected chi connectivity index (χ2v) is 6.98. The number of amides is 1. The molecule has 1 aliphatic rings. The number of imidazole rings is 1. The van der Waals surface area contributed by atoms with Gasteiger partial charge in [-0.1, -0.05) is 0 Å². The summed E-state index contributed by atoms with van der Waals surface area (Å²) in [4.78, 5) is 26.0. The van der Waals surface area contributed by atoms with Crippen molar-refractivity contribution >= 4 is 17.2 Å². The van der Waals surface area contributed by atoms with E-state index in [2.05, 4.69) is 27.0 Å². The molecule has 1 amide bonds. The molecule has 4 heterocycles. The molecule has 6 nitrogen and oxygen atoms in total. The number of fused-ring (bicyclic) bond motifs is 1. The third-order valence-electron chi connectivity index (χ3n) is 4.83. The Morgan fingerprint density at radius 2 is 1.65 bits per heavy atom. The van der Waals surface area contributed by atoms with Crippen LogP contribution in [-0.4, -0.2) is 51.4 Å². The molecule has 0 saturated carbocycles. The van der Waals surface area contributed by atoms with Gasteiger partial charge in [0.15, 0.2) is 0 Å². The summed E-state index contributed by atoms with van der Waals surface area (Å²) >= 11 is 0. The Hall–Kier alpha value is -2.89. The van der Waals surface area contributed by atoms with Crippen molar-refractivity contribution in [1.82, 2.24) is 19.3 Å². The zero-order valence-electron chi connectivity index (χ0n) is 15.4. The lowest BCUT2D eigenvalue weighted by molar-refractivity contribution is 0.0741. The van der Waals surface area contributed by atoms with E-state index in [-0.39, 0.29) is 5.91 Å². The number of rotatable bonds is 2. The molecular weight excluding hydrogens is 326 g/mol. The molecule has 26 heavy (non-hydrogen) atoms. The first-order valence-corrected chi connectivity index (χ1v) is 8.94. The van der Waals surface area contributed by atoms with E-state index >= 15 is 0 Å². The minimum atomic E-state index is 0.00749. The summed E-state index contributed by atoms with van der Waals surface area (Å²) in [6, 6.07) is 8.22. The van der Waals surface area contributed by atoms with E-state index in [0.717, 1.165) is 35.7 Å². The van der Waals surface area contributed by atoms with Crippen molar-refractivity contribution in [2.75, 3.05) is 31.1 Å². The molecule has 1 aliphatic heterocycles. The average Bonchev–Trinajstić information content (AvgIpc) is 3.03. The molecule has 0 radical (unpaired) electrons. The van der Waals surface area contributed by atoms with E-state index in [0.29, 0.717) is 18.8 Å². The summed E-state index contributed by atoms with van der Waals surface area (Å²) < 4.78 is 1.90. The number of carbonyl (C=O) groups is 1. The summed E-state index contributed by atoms with van der Waals surface area (Å²) in [6.45, 7) is 9.10. The lowest BCUT2D eigenvalue weighted by Crippen LogP contribution is -2.49. The van der Waals surface area contributed by atoms with Gasteiger partial charge in [-0.05, 0) is 50.6 Å². The van der Waals surface area contributed by atoms with Crippen molar-refractivity contribution in [2.24, 2.45) is 0 Å². The molecule has 1 fully saturated rings. The quantitative estimate of drug-likeness (QED) is 0.714. The zero-order chi connectivity index (χ0) is 18.3. The van der Waals surface area contributed by atoms with Gasteiger partial charge in [-0.25, -0.2) is 4.98 Å². The second-order valence-electron chi connectivity index (χ2n) is 6.98. The van der Waals surface area contributed by atoms with Crippen LogP contribution in [0.4, 0.5) is 5.69 Å². The van der Waals surface area contributed by atoms with Crippen LogP contribution in [0.5, 0.6) is 0 Å². The Kier molecular flexibility index (Phi) is 4.11. The third kappa shape index (κ3) is 3.14. The highest BCUT2D eigenvalue weighted by Gasteiger charge is 2.24. The normalized spacial score (nSPS) is 14.9. The number of anilines is 1. The number of hydrogen-bond acceptors (Lipinski definition) is 4. The molecule has 0 N–H and O–H groups in total. The predicted octanol–water partition coefficient (Wildman–Crippen LogP) is 2.62. The number of carbonyl (C=O) groups excluding carboxylic acids is 1. The van der Waals surface area contributed by atoms with E-state index in [9.17, 15) is 4.79 Å². The average molecular weight is 349 g/mol. The van der Waals surface area contributed by atoms with Crippen molar-refractivity contribution in [3.63, 3.8) is 0 Å². The van der Waals surface area contributed by atoms with Crippen molar-refractivity contribution < 1.29 is 4.79 Å². The molecule has 134 valence electrons. The highest BCUT2D eigenvalue weighted by atomic mass is 16.2. The molecule has 3 aromatic rings. The van der Waals surface area contributed by atoms with Crippen LogP contribution in [0, 0.1) is 20.8 Å². The molecule has 0 spiro atoms. The molecule has 0 aliphatic carbocycles. The van der Waals surface area contributed by atoms with Crippen LogP contribution in [-0.2, 0) is 0 Å². The van der Waals surface area contributed by atoms with E-state index in [1.807, 2.05) is 54.6 Å². The van der Waals surface area contributed by atoms with Gasteiger partial charge in [-0.3, -0.25) is 9.78 Å². The number of aromatic nitrogens is 3. The van der Waals surface area contributed by atoms with Gasteiger partial charge in [-0.2, -0.15) is 0 Å². The molecule has 0 atom stereocenters. The van der Waals surface area contributed by atoms with Gasteiger partial charge in [0.25, 0.3) is 5.91 Å². The smallest absolute Gasteiger partial charge is 0.274 e. The SMILES string of the molecule is Cc1ccn2cc(C(=O)N3CCN(c4cc(C)nc(C)c4)CC3)nc2c1. The number of piperazine rings is 1. The fourth-order valence-electron chi connectivity index (χ4n) is 3.51. The zero-order valence-corrected chi connectivity index (χ0v) is 15.4. The summed E-state index contributed by atoms with van der Waals surface area (Å²) in [5.41, 5.74) is 5.70. The van der Waals surface area contributed by atoms with Crippen LogP contribution in [0.3, 0.4) is 0 Å². The monoisotopic (exact) mass is 349 g/mol. The van der Waals surface area contributed by atoms with Crippen molar-refractivity contribution in [1.29, 1.82) is 0 Å².